The Labute approximate surface area is 143 Å². The van der Waals surface area contributed by atoms with Crippen LogP contribution in [0.4, 0.5) is 0 Å². The molecule has 0 saturated heterocycles. The molecule has 8 heteroatoms. The van der Waals surface area contributed by atoms with E-state index in [1.807, 2.05) is 37.3 Å². The number of hydrogen-bond donors (Lipinski definition) is 1. The third-order valence-corrected chi connectivity index (χ3v) is 3.57. The Kier molecular flexibility index (Phi) is 4.62. The van der Waals surface area contributed by atoms with E-state index >= 15 is 0 Å². The van der Waals surface area contributed by atoms with Crippen molar-refractivity contribution in [3.8, 4) is 5.69 Å². The highest BCUT2D eigenvalue weighted by Crippen LogP contribution is 2.21. The lowest BCUT2D eigenvalue weighted by molar-refractivity contribution is 0.0949. The number of carbonyl (C=O) groups is 1. The number of hydrazone groups is 1. The molecule has 0 aliphatic rings. The van der Waals surface area contributed by atoms with Crippen LogP contribution in [0.15, 0.2) is 54.0 Å². The molecule has 3 aromatic rings. The average Bonchev–Trinajstić information content (AvgIpc) is 2.91. The highest BCUT2D eigenvalue weighted by Gasteiger charge is 2.13. The molecule has 7 nitrogen and oxygen atoms in total. The van der Waals surface area contributed by atoms with Gasteiger partial charge < -0.3 is 0 Å². The van der Waals surface area contributed by atoms with Gasteiger partial charge in [-0.2, -0.15) is 10.2 Å². The first kappa shape index (κ1) is 15.8. The second-order valence-corrected chi connectivity index (χ2v) is 5.19. The summed E-state index contributed by atoms with van der Waals surface area (Å²) in [5.74, 6) is -0.455. The van der Waals surface area contributed by atoms with Crippen LogP contribution >= 0.6 is 11.6 Å². The predicted octanol–water partition coefficient (Wildman–Crippen LogP) is 2.39. The van der Waals surface area contributed by atoms with Gasteiger partial charge in [-0.1, -0.05) is 29.8 Å². The third-order valence-electron chi connectivity index (χ3n) is 3.20. The number of nitrogens with zero attached hydrogens (tertiary/aromatic N) is 5. The molecule has 3 rings (SSSR count). The lowest BCUT2D eigenvalue weighted by Gasteiger charge is -2.01. The average molecular weight is 341 g/mol. The van der Waals surface area contributed by atoms with Crippen molar-refractivity contribution in [1.29, 1.82) is 0 Å². The van der Waals surface area contributed by atoms with Crippen molar-refractivity contribution in [3.63, 3.8) is 0 Å². The highest BCUT2D eigenvalue weighted by molar-refractivity contribution is 6.32. The summed E-state index contributed by atoms with van der Waals surface area (Å²) < 4.78 is 1.61. The van der Waals surface area contributed by atoms with E-state index in [0.29, 0.717) is 16.4 Å². The summed E-state index contributed by atoms with van der Waals surface area (Å²) in [7, 11) is 0. The number of amides is 1. The summed E-state index contributed by atoms with van der Waals surface area (Å²) in [6, 6.07) is 9.51. The Morgan fingerprint density at radius 3 is 2.79 bits per heavy atom. The van der Waals surface area contributed by atoms with Gasteiger partial charge in [-0.15, -0.1) is 0 Å². The minimum atomic E-state index is -0.455. The molecule has 2 aromatic heterocycles. The van der Waals surface area contributed by atoms with Crippen LogP contribution in [0.3, 0.4) is 0 Å². The number of aryl methyl sites for hydroxylation is 1. The predicted molar refractivity (Wildman–Crippen MR) is 90.4 cm³/mol. The van der Waals surface area contributed by atoms with Crippen molar-refractivity contribution >= 4 is 23.7 Å². The maximum atomic E-state index is 11.9. The summed E-state index contributed by atoms with van der Waals surface area (Å²) in [6.45, 7) is 1.82. The molecule has 0 aliphatic heterocycles. The molecule has 0 spiro atoms. The molecule has 1 N–H and O–H groups in total. The Balaban J connectivity index is 1.78. The van der Waals surface area contributed by atoms with E-state index in [-0.39, 0.29) is 5.69 Å². The van der Waals surface area contributed by atoms with E-state index in [1.54, 1.807) is 4.68 Å². The first-order chi connectivity index (χ1) is 11.7. The van der Waals surface area contributed by atoms with Crippen LogP contribution in [-0.4, -0.2) is 31.9 Å². The Morgan fingerprint density at radius 1 is 1.29 bits per heavy atom. The van der Waals surface area contributed by atoms with Gasteiger partial charge >= 0.3 is 0 Å². The first-order valence-corrected chi connectivity index (χ1v) is 7.44. The fraction of sp³-hybridized carbons (Fsp3) is 0.0625. The summed E-state index contributed by atoms with van der Waals surface area (Å²) in [5, 5.41) is 8.72. The van der Waals surface area contributed by atoms with Crippen molar-refractivity contribution < 1.29 is 4.79 Å². The molecule has 0 bridgehead atoms. The van der Waals surface area contributed by atoms with Crippen molar-refractivity contribution in [2.24, 2.45) is 5.10 Å². The minimum absolute atomic E-state index is 0.178. The van der Waals surface area contributed by atoms with Crippen LogP contribution in [0, 0.1) is 6.92 Å². The molecule has 0 unspecified atom stereocenters. The molecular weight excluding hydrogens is 328 g/mol. The second kappa shape index (κ2) is 7.01. The Hall–Kier alpha value is -3.06. The smallest absolute Gasteiger partial charge is 0.265 e. The summed E-state index contributed by atoms with van der Waals surface area (Å²) in [6.07, 6.45) is 5.74. The van der Waals surface area contributed by atoms with Crippen LogP contribution < -0.4 is 5.43 Å². The SMILES string of the molecule is Cc1nn(-c2ccccc2)c(Cl)c1/C=N\NC(=O)c1cnccn1. The second-order valence-electron chi connectivity index (χ2n) is 4.83. The molecule has 1 amide bonds. The van der Waals surface area contributed by atoms with Crippen molar-refractivity contribution in [2.75, 3.05) is 0 Å². The zero-order valence-electron chi connectivity index (χ0n) is 12.7. The highest BCUT2D eigenvalue weighted by atomic mass is 35.5. The van der Waals surface area contributed by atoms with Gasteiger partial charge in [0.2, 0.25) is 0 Å². The maximum absolute atomic E-state index is 11.9. The summed E-state index contributed by atoms with van der Waals surface area (Å²) in [4.78, 5) is 19.6. The number of nitrogens with one attached hydrogen (secondary N) is 1. The number of para-hydroxylation sites is 1. The molecule has 0 aliphatic carbocycles. The molecule has 2 heterocycles. The van der Waals surface area contributed by atoms with Crippen LogP contribution in [-0.2, 0) is 0 Å². The van der Waals surface area contributed by atoms with Gasteiger partial charge in [0, 0.05) is 12.4 Å². The van der Waals surface area contributed by atoms with Crippen LogP contribution in [0.5, 0.6) is 0 Å². The third kappa shape index (κ3) is 3.31. The maximum Gasteiger partial charge on any atom is 0.291 e. The van der Waals surface area contributed by atoms with Gasteiger partial charge in [-0.3, -0.25) is 9.78 Å². The number of rotatable bonds is 4. The fourth-order valence-corrected chi connectivity index (χ4v) is 2.35. The standard InChI is InChI=1S/C16H13ClN6O/c1-11-13(9-20-21-16(24)14-10-18-7-8-19-14)15(17)23(22-11)12-5-3-2-4-6-12/h2-10H,1H3,(H,21,24)/b20-9-. The number of carbonyl (C=O) groups excluding carboxylic acids is 1. The van der Waals surface area contributed by atoms with E-state index in [0.717, 1.165) is 5.69 Å². The molecule has 120 valence electrons. The number of halogens is 1. The summed E-state index contributed by atoms with van der Waals surface area (Å²) in [5.41, 5.74) is 4.72. The monoisotopic (exact) mass is 340 g/mol. The van der Waals surface area contributed by atoms with Crippen molar-refractivity contribution in [2.45, 2.75) is 6.92 Å². The van der Waals surface area contributed by atoms with Gasteiger partial charge in [0.15, 0.2) is 0 Å². The van der Waals surface area contributed by atoms with Crippen LogP contribution in [0.2, 0.25) is 5.15 Å². The topological polar surface area (TPSA) is 85.1 Å². The normalized spacial score (nSPS) is 10.9. The lowest BCUT2D eigenvalue weighted by Crippen LogP contribution is -2.19. The summed E-state index contributed by atoms with van der Waals surface area (Å²) >= 11 is 6.37. The number of benzene rings is 1. The van der Waals surface area contributed by atoms with Crippen LogP contribution in [0.1, 0.15) is 21.7 Å². The number of aromatic nitrogens is 4. The van der Waals surface area contributed by atoms with Gasteiger partial charge in [0.05, 0.1) is 29.4 Å². The Morgan fingerprint density at radius 2 is 2.08 bits per heavy atom. The molecule has 0 radical (unpaired) electrons. The largest absolute Gasteiger partial charge is 0.291 e. The quantitative estimate of drug-likeness (QED) is 0.583. The van der Waals surface area contributed by atoms with Crippen LogP contribution in [0.25, 0.3) is 5.69 Å². The molecule has 1 aromatic carbocycles. The van der Waals surface area contributed by atoms with E-state index in [4.69, 9.17) is 11.6 Å². The first-order valence-electron chi connectivity index (χ1n) is 7.07. The molecule has 0 saturated carbocycles. The zero-order valence-corrected chi connectivity index (χ0v) is 13.5. The van der Waals surface area contributed by atoms with E-state index in [2.05, 4.69) is 25.6 Å². The minimum Gasteiger partial charge on any atom is -0.265 e. The molecule has 0 atom stereocenters. The van der Waals surface area contributed by atoms with Gasteiger partial charge in [-0.25, -0.2) is 15.1 Å². The molecule has 0 fully saturated rings. The van der Waals surface area contributed by atoms with E-state index < -0.39 is 5.91 Å². The van der Waals surface area contributed by atoms with Crippen molar-refractivity contribution in [3.05, 3.63) is 71.0 Å². The van der Waals surface area contributed by atoms with Gasteiger partial charge in [0.25, 0.3) is 5.91 Å². The lowest BCUT2D eigenvalue weighted by atomic mass is 10.3. The molecular formula is C16H13ClN6O. The number of hydrogen-bond acceptors (Lipinski definition) is 5. The van der Waals surface area contributed by atoms with Crippen molar-refractivity contribution in [1.82, 2.24) is 25.2 Å². The Bertz CT molecular complexity index is 876. The van der Waals surface area contributed by atoms with E-state index in [1.165, 1.54) is 24.8 Å². The van der Waals surface area contributed by atoms with Gasteiger partial charge in [-0.05, 0) is 19.1 Å². The van der Waals surface area contributed by atoms with E-state index in [9.17, 15) is 4.79 Å². The fourth-order valence-electron chi connectivity index (χ4n) is 2.03. The zero-order chi connectivity index (χ0) is 16.9. The molecule has 24 heavy (non-hydrogen) atoms. The van der Waals surface area contributed by atoms with Gasteiger partial charge in [0.1, 0.15) is 10.8 Å².